The summed E-state index contributed by atoms with van der Waals surface area (Å²) in [5.74, 6) is -1.87. The van der Waals surface area contributed by atoms with Gasteiger partial charge in [0, 0.05) is 22.0 Å². The topological polar surface area (TPSA) is 66.5 Å². The number of para-hydroxylation sites is 1. The summed E-state index contributed by atoms with van der Waals surface area (Å²) in [5, 5.41) is 3.58. The normalized spacial score (nSPS) is 25.4. The molecule has 0 saturated carbocycles. The molecule has 1 saturated heterocycles. The molecule has 1 fully saturated rings. The Balaban J connectivity index is 1.66. The second kappa shape index (κ2) is 8.05. The number of fused-ring (bicyclic) bond motifs is 6. The molecule has 0 bridgehead atoms. The molecule has 36 heavy (non-hydrogen) atoms. The summed E-state index contributed by atoms with van der Waals surface area (Å²) < 4.78 is 0. The molecule has 0 unspecified atom stereocenters. The first-order valence-electron chi connectivity index (χ1n) is 11.7. The van der Waals surface area contributed by atoms with E-state index in [1.54, 1.807) is 12.1 Å². The highest BCUT2D eigenvalue weighted by atomic mass is 35.5. The Hall–Kier alpha value is -3.41. The molecule has 1 amide bonds. The molecule has 3 aromatic rings. The van der Waals surface area contributed by atoms with Crippen molar-refractivity contribution in [3.05, 3.63) is 99.0 Å². The Morgan fingerprint density at radius 1 is 1.03 bits per heavy atom. The molecule has 0 aliphatic carbocycles. The molecule has 0 aromatic heterocycles. The quantitative estimate of drug-likeness (QED) is 0.442. The van der Waals surface area contributed by atoms with Crippen LogP contribution in [0.5, 0.6) is 0 Å². The number of anilines is 2. The number of nitrogens with one attached hydrogen (secondary N) is 1. The summed E-state index contributed by atoms with van der Waals surface area (Å²) in [4.78, 5) is 43.8. The molecule has 3 aliphatic heterocycles. The lowest BCUT2D eigenvalue weighted by molar-refractivity contribution is -0.122. The van der Waals surface area contributed by atoms with Crippen LogP contribution in [-0.2, 0) is 15.0 Å². The average Bonchev–Trinajstić information content (AvgIpc) is 3.31. The number of amides is 1. The first-order chi connectivity index (χ1) is 17.2. The number of halogens is 2. The van der Waals surface area contributed by atoms with Crippen LogP contribution in [0.4, 0.5) is 11.4 Å². The van der Waals surface area contributed by atoms with Crippen molar-refractivity contribution in [1.82, 2.24) is 0 Å². The van der Waals surface area contributed by atoms with Crippen LogP contribution in [0.3, 0.4) is 0 Å². The molecule has 6 rings (SSSR count). The smallest absolute Gasteiger partial charge is 0.238 e. The molecule has 1 spiro atoms. The second-order valence-electron chi connectivity index (χ2n) is 9.66. The third-order valence-electron chi connectivity index (χ3n) is 7.68. The first-order valence-corrected chi connectivity index (χ1v) is 12.5. The van der Waals surface area contributed by atoms with E-state index in [0.717, 1.165) is 16.8 Å². The maximum atomic E-state index is 14.4. The fourth-order valence-corrected chi connectivity index (χ4v) is 6.81. The van der Waals surface area contributed by atoms with Crippen LogP contribution in [0.1, 0.15) is 34.0 Å². The number of carbonyl (C=O) groups is 3. The van der Waals surface area contributed by atoms with Gasteiger partial charge in [-0.25, -0.2) is 0 Å². The van der Waals surface area contributed by atoms with E-state index < -0.39 is 23.4 Å². The number of carbonyl (C=O) groups excluding carboxylic acids is 3. The zero-order valence-electron chi connectivity index (χ0n) is 19.6. The molecule has 1 N–H and O–H groups in total. The number of rotatable bonds is 3. The van der Waals surface area contributed by atoms with Crippen molar-refractivity contribution in [2.45, 2.75) is 31.3 Å². The Labute approximate surface area is 218 Å². The van der Waals surface area contributed by atoms with Gasteiger partial charge < -0.3 is 10.2 Å². The van der Waals surface area contributed by atoms with Crippen LogP contribution in [0.25, 0.3) is 6.08 Å². The van der Waals surface area contributed by atoms with Crippen LogP contribution >= 0.6 is 23.2 Å². The molecule has 7 heteroatoms. The number of aryl methyl sites for hydroxylation is 1. The fourth-order valence-electron chi connectivity index (χ4n) is 6.31. The van der Waals surface area contributed by atoms with Crippen molar-refractivity contribution in [1.29, 1.82) is 0 Å². The summed E-state index contributed by atoms with van der Waals surface area (Å²) in [6.07, 6.45) is 3.94. The fraction of sp³-hybridized carbons (Fsp3) is 0.207. The molecule has 4 atom stereocenters. The third kappa shape index (κ3) is 2.99. The highest BCUT2D eigenvalue weighted by Crippen LogP contribution is 2.58. The Bertz CT molecular complexity index is 1510. The molecule has 3 aromatic carbocycles. The van der Waals surface area contributed by atoms with E-state index in [2.05, 4.69) is 5.32 Å². The predicted molar refractivity (Wildman–Crippen MR) is 142 cm³/mol. The van der Waals surface area contributed by atoms with Gasteiger partial charge in [0.2, 0.25) is 5.91 Å². The molecular formula is C29H22Cl2N2O3. The number of nitrogens with zero attached hydrogens (tertiary/aromatic N) is 1. The lowest BCUT2D eigenvalue weighted by Crippen LogP contribution is -2.51. The van der Waals surface area contributed by atoms with Gasteiger partial charge in [-0.3, -0.25) is 14.4 Å². The monoisotopic (exact) mass is 516 g/mol. The summed E-state index contributed by atoms with van der Waals surface area (Å²) in [5.41, 5.74) is 3.11. The molecule has 180 valence electrons. The van der Waals surface area contributed by atoms with Gasteiger partial charge in [-0.05, 0) is 61.4 Å². The van der Waals surface area contributed by atoms with E-state index in [-0.39, 0.29) is 28.1 Å². The number of hydrogen-bond donors (Lipinski definition) is 1. The minimum atomic E-state index is -1.33. The summed E-state index contributed by atoms with van der Waals surface area (Å²) in [7, 11) is 0. The molecule has 3 aliphatic rings. The van der Waals surface area contributed by atoms with E-state index in [1.807, 2.05) is 66.4 Å². The van der Waals surface area contributed by atoms with E-state index in [0.29, 0.717) is 16.3 Å². The van der Waals surface area contributed by atoms with Crippen molar-refractivity contribution in [2.24, 2.45) is 5.92 Å². The minimum Gasteiger partial charge on any atom is -0.352 e. The van der Waals surface area contributed by atoms with E-state index in [4.69, 9.17) is 23.2 Å². The Morgan fingerprint density at radius 3 is 2.56 bits per heavy atom. The zero-order valence-corrected chi connectivity index (χ0v) is 21.1. The Kier molecular flexibility index (Phi) is 5.15. The van der Waals surface area contributed by atoms with Gasteiger partial charge in [-0.15, -0.1) is 0 Å². The largest absolute Gasteiger partial charge is 0.352 e. The van der Waals surface area contributed by atoms with Crippen LogP contribution in [0.15, 0.2) is 66.7 Å². The summed E-state index contributed by atoms with van der Waals surface area (Å²) in [6, 6.07) is 16.6. The predicted octanol–water partition coefficient (Wildman–Crippen LogP) is 5.86. The zero-order chi connectivity index (χ0) is 25.4. The van der Waals surface area contributed by atoms with Gasteiger partial charge in [0.15, 0.2) is 11.6 Å². The number of ketones is 2. The van der Waals surface area contributed by atoms with Crippen molar-refractivity contribution in [3.63, 3.8) is 0 Å². The highest BCUT2D eigenvalue weighted by Gasteiger charge is 2.69. The van der Waals surface area contributed by atoms with E-state index >= 15 is 0 Å². The number of hydrogen-bond acceptors (Lipinski definition) is 4. The standard InChI is InChI=1S/C29H22Cl2N2O3/c1-15-7-11-23-17(13-15)8-12-24-29(20-5-3-4-6-22(20)32-28(29)36)25(26(16(2)34)33(23)24)27(35)19-10-9-18(30)14-21(19)31/h3-14,24-26H,1-2H3,(H,32,36)/t24-,25+,26+,29-/m0/s1. The van der Waals surface area contributed by atoms with Crippen LogP contribution < -0.4 is 10.2 Å². The number of Topliss-reactive ketones (excluding diaryl/α,β-unsaturated/α-hetero) is 2. The molecule has 0 radical (unpaired) electrons. The molecule has 5 nitrogen and oxygen atoms in total. The lowest BCUT2D eigenvalue weighted by Gasteiger charge is -2.37. The lowest BCUT2D eigenvalue weighted by atomic mass is 9.64. The van der Waals surface area contributed by atoms with E-state index in [1.165, 1.54) is 13.0 Å². The van der Waals surface area contributed by atoms with Crippen LogP contribution in [0, 0.1) is 12.8 Å². The second-order valence-corrected chi connectivity index (χ2v) is 10.5. The van der Waals surface area contributed by atoms with Crippen molar-refractivity contribution in [3.8, 4) is 0 Å². The van der Waals surface area contributed by atoms with Crippen molar-refractivity contribution < 1.29 is 14.4 Å². The minimum absolute atomic E-state index is 0.188. The number of benzene rings is 3. The summed E-state index contributed by atoms with van der Waals surface area (Å²) >= 11 is 12.6. The van der Waals surface area contributed by atoms with Crippen LogP contribution in [0.2, 0.25) is 10.0 Å². The van der Waals surface area contributed by atoms with Gasteiger partial charge in [0.25, 0.3) is 0 Å². The van der Waals surface area contributed by atoms with Gasteiger partial charge in [0.1, 0.15) is 5.41 Å². The third-order valence-corrected chi connectivity index (χ3v) is 8.23. The average molecular weight is 517 g/mol. The van der Waals surface area contributed by atoms with E-state index in [9.17, 15) is 14.4 Å². The SMILES string of the molecule is CC(=O)[C@@H]1[C@H](C(=O)c2ccc(Cl)cc2Cl)[C@@]2(C(=O)Nc3ccccc32)[C@@H]2C=Cc3cc(C)ccc3N12. The van der Waals surface area contributed by atoms with Crippen molar-refractivity contribution >= 4 is 58.1 Å². The maximum Gasteiger partial charge on any atom is 0.238 e. The van der Waals surface area contributed by atoms with Gasteiger partial charge in [0.05, 0.1) is 23.0 Å². The van der Waals surface area contributed by atoms with Crippen LogP contribution in [-0.4, -0.2) is 29.6 Å². The van der Waals surface area contributed by atoms with Gasteiger partial charge in [-0.2, -0.15) is 0 Å². The Morgan fingerprint density at radius 2 is 1.81 bits per heavy atom. The molecule has 3 heterocycles. The first kappa shape index (κ1) is 23.0. The molecular weight excluding hydrogens is 495 g/mol. The summed E-state index contributed by atoms with van der Waals surface area (Å²) in [6.45, 7) is 3.49. The van der Waals surface area contributed by atoms with Crippen molar-refractivity contribution in [2.75, 3.05) is 10.2 Å². The van der Waals surface area contributed by atoms with Gasteiger partial charge >= 0.3 is 0 Å². The van der Waals surface area contributed by atoms with Gasteiger partial charge in [-0.1, -0.05) is 65.2 Å². The highest BCUT2D eigenvalue weighted by molar-refractivity contribution is 6.37. The maximum absolute atomic E-state index is 14.4.